The Balaban J connectivity index is 1.74. The Morgan fingerprint density at radius 2 is 2.00 bits per heavy atom. The Morgan fingerprint density at radius 1 is 1.24 bits per heavy atom. The number of rotatable bonds is 2. The summed E-state index contributed by atoms with van der Waals surface area (Å²) >= 11 is 0. The summed E-state index contributed by atoms with van der Waals surface area (Å²) in [6, 6.07) is 11.9. The third kappa shape index (κ3) is 2.81. The molecule has 1 aliphatic rings. The second-order valence-corrected chi connectivity index (χ2v) is 5.10. The van der Waals surface area contributed by atoms with Crippen molar-refractivity contribution < 1.29 is 9.18 Å². The first kappa shape index (κ1) is 13.4. The average molecular weight is 285 g/mol. The molecule has 1 heterocycles. The fraction of sp³-hybridized carbons (Fsp3) is 0.188. The van der Waals surface area contributed by atoms with Crippen LogP contribution in [0.25, 0.3) is 0 Å². The first-order valence-corrected chi connectivity index (χ1v) is 6.80. The monoisotopic (exact) mass is 285 g/mol. The largest absolute Gasteiger partial charge is 0.381 e. The number of nitrogens with one attached hydrogen (secondary N) is 3. The van der Waals surface area contributed by atoms with Gasteiger partial charge < -0.3 is 16.0 Å². The number of carbonyl (C=O) groups excluding carboxylic acids is 1. The van der Waals surface area contributed by atoms with E-state index in [4.69, 9.17) is 0 Å². The molecule has 0 saturated heterocycles. The van der Waals surface area contributed by atoms with Gasteiger partial charge in [-0.05, 0) is 36.8 Å². The lowest BCUT2D eigenvalue weighted by Gasteiger charge is -2.27. The zero-order valence-electron chi connectivity index (χ0n) is 11.6. The van der Waals surface area contributed by atoms with Gasteiger partial charge in [0.2, 0.25) is 5.91 Å². The van der Waals surface area contributed by atoms with Crippen molar-refractivity contribution in [3.8, 4) is 0 Å². The zero-order chi connectivity index (χ0) is 14.8. The number of benzene rings is 2. The summed E-state index contributed by atoms with van der Waals surface area (Å²) in [7, 11) is 0. The van der Waals surface area contributed by atoms with Crippen LogP contribution in [0.2, 0.25) is 0 Å². The molecule has 1 aliphatic heterocycles. The highest BCUT2D eigenvalue weighted by molar-refractivity contribution is 5.98. The summed E-state index contributed by atoms with van der Waals surface area (Å²) < 4.78 is 13.7. The molecule has 2 aromatic rings. The van der Waals surface area contributed by atoms with Crippen molar-refractivity contribution in [2.24, 2.45) is 0 Å². The van der Waals surface area contributed by atoms with Gasteiger partial charge in [-0.15, -0.1) is 0 Å². The van der Waals surface area contributed by atoms with Crippen LogP contribution in [-0.2, 0) is 4.79 Å². The van der Waals surface area contributed by atoms with Crippen LogP contribution in [0.15, 0.2) is 42.5 Å². The van der Waals surface area contributed by atoms with Crippen molar-refractivity contribution in [1.29, 1.82) is 0 Å². The molecule has 3 N–H and O–H groups in total. The van der Waals surface area contributed by atoms with Crippen LogP contribution in [0, 0.1) is 12.7 Å². The molecule has 0 bridgehead atoms. The third-order valence-corrected chi connectivity index (χ3v) is 3.45. The first-order valence-electron chi connectivity index (χ1n) is 6.80. The lowest BCUT2D eigenvalue weighted by Crippen LogP contribution is -2.43. The quantitative estimate of drug-likeness (QED) is 0.795. The van der Waals surface area contributed by atoms with Crippen LogP contribution in [0.5, 0.6) is 0 Å². The Kier molecular flexibility index (Phi) is 3.48. The van der Waals surface area contributed by atoms with Crippen LogP contribution >= 0.6 is 0 Å². The normalized spacial score (nSPS) is 16.4. The van der Waals surface area contributed by atoms with E-state index in [9.17, 15) is 9.18 Å². The molecule has 3 rings (SSSR count). The Bertz CT molecular complexity index is 687. The highest BCUT2D eigenvalue weighted by atomic mass is 19.1. The predicted octanol–water partition coefficient (Wildman–Crippen LogP) is 2.98. The average Bonchev–Trinajstić information content (AvgIpc) is 2.50. The molecule has 0 aliphatic carbocycles. The second kappa shape index (κ2) is 5.44. The molecule has 1 unspecified atom stereocenters. The standard InChI is InChI=1S/C16H16FN3O/c1-10-6-7-11(17)14(8-10)20-16(21)15-9-18-12-4-2-3-5-13(12)19-15/h2-8,15,18-19H,9H2,1H3,(H,20,21). The Hall–Kier alpha value is -2.56. The van der Waals surface area contributed by atoms with E-state index >= 15 is 0 Å². The van der Waals surface area contributed by atoms with Gasteiger partial charge in [-0.3, -0.25) is 4.79 Å². The number of para-hydroxylation sites is 2. The number of aryl methyl sites for hydroxylation is 1. The van der Waals surface area contributed by atoms with E-state index in [1.165, 1.54) is 6.07 Å². The zero-order valence-corrected chi connectivity index (χ0v) is 11.6. The Labute approximate surface area is 122 Å². The minimum atomic E-state index is -0.445. The molecule has 108 valence electrons. The number of fused-ring (bicyclic) bond motifs is 1. The number of halogens is 1. The molecule has 0 radical (unpaired) electrons. The maximum absolute atomic E-state index is 13.7. The SMILES string of the molecule is Cc1ccc(F)c(NC(=O)C2CNc3ccccc3N2)c1. The fourth-order valence-electron chi connectivity index (χ4n) is 2.33. The van der Waals surface area contributed by atoms with E-state index < -0.39 is 11.9 Å². The molecular formula is C16H16FN3O. The predicted molar refractivity (Wildman–Crippen MR) is 82.1 cm³/mol. The van der Waals surface area contributed by atoms with Gasteiger partial charge in [0.25, 0.3) is 0 Å². The number of hydrogen-bond acceptors (Lipinski definition) is 3. The van der Waals surface area contributed by atoms with E-state index in [0.717, 1.165) is 16.9 Å². The van der Waals surface area contributed by atoms with Crippen LogP contribution in [0.4, 0.5) is 21.5 Å². The van der Waals surface area contributed by atoms with E-state index in [0.29, 0.717) is 6.54 Å². The molecule has 1 atom stereocenters. The minimum Gasteiger partial charge on any atom is -0.381 e. The van der Waals surface area contributed by atoms with Crippen LogP contribution in [0.3, 0.4) is 0 Å². The van der Waals surface area contributed by atoms with Gasteiger partial charge >= 0.3 is 0 Å². The highest BCUT2D eigenvalue weighted by Gasteiger charge is 2.24. The molecule has 5 heteroatoms. The lowest BCUT2D eigenvalue weighted by atomic mass is 10.1. The van der Waals surface area contributed by atoms with E-state index in [-0.39, 0.29) is 11.6 Å². The molecule has 2 aromatic carbocycles. The van der Waals surface area contributed by atoms with E-state index in [1.807, 2.05) is 31.2 Å². The van der Waals surface area contributed by atoms with Gasteiger partial charge in [0.1, 0.15) is 11.9 Å². The number of amides is 1. The summed E-state index contributed by atoms with van der Waals surface area (Å²) in [6.45, 7) is 2.31. The lowest BCUT2D eigenvalue weighted by molar-refractivity contribution is -0.116. The number of anilines is 3. The van der Waals surface area contributed by atoms with Gasteiger partial charge in [0, 0.05) is 6.54 Å². The summed E-state index contributed by atoms with van der Waals surface area (Å²) in [5, 5.41) is 8.98. The first-order chi connectivity index (χ1) is 10.1. The topological polar surface area (TPSA) is 53.2 Å². The van der Waals surface area contributed by atoms with Crippen LogP contribution < -0.4 is 16.0 Å². The Morgan fingerprint density at radius 3 is 2.81 bits per heavy atom. The summed E-state index contributed by atoms with van der Waals surface area (Å²) in [5.41, 5.74) is 2.93. The van der Waals surface area contributed by atoms with Crippen molar-refractivity contribution in [2.45, 2.75) is 13.0 Å². The molecule has 1 amide bonds. The maximum Gasteiger partial charge on any atom is 0.248 e. The fourth-order valence-corrected chi connectivity index (χ4v) is 2.33. The van der Waals surface area contributed by atoms with Gasteiger partial charge in [0.05, 0.1) is 17.1 Å². The molecule has 0 aromatic heterocycles. The third-order valence-electron chi connectivity index (χ3n) is 3.45. The summed E-state index contributed by atoms with van der Waals surface area (Å²) in [4.78, 5) is 12.3. The molecule has 0 spiro atoms. The van der Waals surface area contributed by atoms with Gasteiger partial charge in [-0.2, -0.15) is 0 Å². The highest BCUT2D eigenvalue weighted by Crippen LogP contribution is 2.25. The van der Waals surface area contributed by atoms with Crippen molar-refractivity contribution in [2.75, 3.05) is 22.5 Å². The molecule has 0 saturated carbocycles. The minimum absolute atomic E-state index is 0.209. The van der Waals surface area contributed by atoms with Crippen LogP contribution in [0.1, 0.15) is 5.56 Å². The smallest absolute Gasteiger partial charge is 0.248 e. The number of hydrogen-bond donors (Lipinski definition) is 3. The van der Waals surface area contributed by atoms with Crippen molar-refractivity contribution in [1.82, 2.24) is 0 Å². The van der Waals surface area contributed by atoms with Gasteiger partial charge in [0.15, 0.2) is 0 Å². The molecule has 21 heavy (non-hydrogen) atoms. The maximum atomic E-state index is 13.7. The van der Waals surface area contributed by atoms with E-state index in [2.05, 4.69) is 16.0 Å². The molecule has 0 fully saturated rings. The van der Waals surface area contributed by atoms with Gasteiger partial charge in [-0.25, -0.2) is 4.39 Å². The molecular weight excluding hydrogens is 269 g/mol. The number of carbonyl (C=O) groups is 1. The van der Waals surface area contributed by atoms with Gasteiger partial charge in [-0.1, -0.05) is 18.2 Å². The molecule has 4 nitrogen and oxygen atoms in total. The second-order valence-electron chi connectivity index (χ2n) is 5.10. The summed E-state index contributed by atoms with van der Waals surface area (Å²) in [5.74, 6) is -0.695. The van der Waals surface area contributed by atoms with Crippen LogP contribution in [-0.4, -0.2) is 18.5 Å². The van der Waals surface area contributed by atoms with Crippen molar-refractivity contribution >= 4 is 23.0 Å². The van der Waals surface area contributed by atoms with E-state index in [1.54, 1.807) is 12.1 Å². The summed E-state index contributed by atoms with van der Waals surface area (Å²) in [6.07, 6.45) is 0. The van der Waals surface area contributed by atoms with Crippen molar-refractivity contribution in [3.05, 3.63) is 53.8 Å². The van der Waals surface area contributed by atoms with Crippen molar-refractivity contribution in [3.63, 3.8) is 0 Å².